The standard InChI is InChI=1S/C21H26N2O2/c1-3-16-9-8-15(2)23(13-16)21(24)14-25-20-11-10-17(12-22)18-6-4-5-7-19(18)20/h4-7,10-12,15-16,22H,3,8-9,13-14H2,1-2H3. The summed E-state index contributed by atoms with van der Waals surface area (Å²) in [7, 11) is 0. The number of carbonyl (C=O) groups is 1. The van der Waals surface area contributed by atoms with Gasteiger partial charge in [-0.15, -0.1) is 0 Å². The summed E-state index contributed by atoms with van der Waals surface area (Å²) < 4.78 is 5.88. The van der Waals surface area contributed by atoms with Crippen LogP contribution < -0.4 is 4.74 Å². The Kier molecular flexibility index (Phi) is 5.37. The van der Waals surface area contributed by atoms with Crippen molar-refractivity contribution in [2.24, 2.45) is 5.92 Å². The Hall–Kier alpha value is -2.36. The minimum atomic E-state index is 0.0610. The van der Waals surface area contributed by atoms with Gasteiger partial charge in [-0.3, -0.25) is 4.79 Å². The molecular weight excluding hydrogens is 312 g/mol. The highest BCUT2D eigenvalue weighted by Gasteiger charge is 2.28. The second-order valence-corrected chi connectivity index (χ2v) is 6.88. The van der Waals surface area contributed by atoms with Gasteiger partial charge in [-0.25, -0.2) is 0 Å². The lowest BCUT2D eigenvalue weighted by molar-refractivity contribution is -0.137. The van der Waals surface area contributed by atoms with Crippen molar-refractivity contribution in [1.29, 1.82) is 5.41 Å². The van der Waals surface area contributed by atoms with Gasteiger partial charge in [0.2, 0.25) is 0 Å². The first-order valence-electron chi connectivity index (χ1n) is 9.08. The molecule has 0 radical (unpaired) electrons. The molecule has 4 heteroatoms. The van der Waals surface area contributed by atoms with E-state index >= 15 is 0 Å². The summed E-state index contributed by atoms with van der Waals surface area (Å²) >= 11 is 0. The lowest BCUT2D eigenvalue weighted by Gasteiger charge is -2.37. The molecule has 2 aromatic carbocycles. The van der Waals surface area contributed by atoms with Crippen molar-refractivity contribution in [2.45, 2.75) is 39.2 Å². The molecule has 1 aliphatic rings. The molecule has 0 aliphatic carbocycles. The molecule has 25 heavy (non-hydrogen) atoms. The Labute approximate surface area is 149 Å². The van der Waals surface area contributed by atoms with E-state index in [-0.39, 0.29) is 18.6 Å². The number of amides is 1. The van der Waals surface area contributed by atoms with Gasteiger partial charge >= 0.3 is 0 Å². The maximum absolute atomic E-state index is 12.7. The Morgan fingerprint density at radius 3 is 2.72 bits per heavy atom. The molecule has 4 nitrogen and oxygen atoms in total. The second kappa shape index (κ2) is 7.68. The minimum absolute atomic E-state index is 0.0610. The molecule has 0 spiro atoms. The van der Waals surface area contributed by atoms with Crippen LogP contribution in [0.5, 0.6) is 5.75 Å². The lowest BCUT2D eigenvalue weighted by Crippen LogP contribution is -2.47. The molecule has 1 N–H and O–H groups in total. The normalized spacial score (nSPS) is 20.5. The number of hydrogen-bond donors (Lipinski definition) is 1. The number of ether oxygens (including phenoxy) is 1. The van der Waals surface area contributed by atoms with Crippen LogP contribution >= 0.6 is 0 Å². The number of fused-ring (bicyclic) bond motifs is 1. The maximum atomic E-state index is 12.7. The fraction of sp³-hybridized carbons (Fsp3) is 0.429. The van der Waals surface area contributed by atoms with Crippen molar-refractivity contribution < 1.29 is 9.53 Å². The first-order chi connectivity index (χ1) is 12.1. The van der Waals surface area contributed by atoms with Crippen molar-refractivity contribution >= 4 is 22.9 Å². The molecule has 0 aromatic heterocycles. The summed E-state index contributed by atoms with van der Waals surface area (Å²) in [5.41, 5.74) is 0.852. The van der Waals surface area contributed by atoms with Gasteiger partial charge in [-0.05, 0) is 43.2 Å². The Morgan fingerprint density at radius 1 is 1.24 bits per heavy atom. The molecule has 1 heterocycles. The third-order valence-corrected chi connectivity index (χ3v) is 5.30. The number of likely N-dealkylation sites (tertiary alicyclic amines) is 1. The fourth-order valence-corrected chi connectivity index (χ4v) is 3.63. The molecule has 1 fully saturated rings. The zero-order chi connectivity index (χ0) is 17.8. The van der Waals surface area contributed by atoms with Crippen LogP contribution in [-0.4, -0.2) is 36.2 Å². The lowest BCUT2D eigenvalue weighted by atomic mass is 9.91. The number of rotatable bonds is 5. The summed E-state index contributed by atoms with van der Waals surface area (Å²) in [5.74, 6) is 1.37. The number of nitrogens with one attached hydrogen (secondary N) is 1. The quantitative estimate of drug-likeness (QED) is 0.829. The summed E-state index contributed by atoms with van der Waals surface area (Å²) in [6.45, 7) is 5.22. The van der Waals surface area contributed by atoms with E-state index in [1.165, 1.54) is 12.6 Å². The number of carbonyl (C=O) groups excluding carboxylic acids is 1. The van der Waals surface area contributed by atoms with E-state index < -0.39 is 0 Å². The van der Waals surface area contributed by atoms with Crippen molar-refractivity contribution in [3.8, 4) is 5.75 Å². The molecule has 1 aliphatic heterocycles. The zero-order valence-electron chi connectivity index (χ0n) is 15.0. The van der Waals surface area contributed by atoms with Crippen LogP contribution in [0.4, 0.5) is 0 Å². The highest BCUT2D eigenvalue weighted by atomic mass is 16.5. The monoisotopic (exact) mass is 338 g/mol. The Balaban J connectivity index is 1.74. The van der Waals surface area contributed by atoms with Gasteiger partial charge in [-0.2, -0.15) is 0 Å². The van der Waals surface area contributed by atoms with Crippen molar-refractivity contribution in [1.82, 2.24) is 4.90 Å². The largest absolute Gasteiger partial charge is 0.483 e. The van der Waals surface area contributed by atoms with Gasteiger partial charge in [0.05, 0.1) is 0 Å². The summed E-state index contributed by atoms with van der Waals surface area (Å²) in [5, 5.41) is 9.44. The van der Waals surface area contributed by atoms with E-state index in [9.17, 15) is 4.79 Å². The van der Waals surface area contributed by atoms with Crippen LogP contribution in [0.1, 0.15) is 38.7 Å². The first kappa shape index (κ1) is 17.5. The van der Waals surface area contributed by atoms with Crippen molar-refractivity contribution in [3.63, 3.8) is 0 Å². The van der Waals surface area contributed by atoms with Crippen LogP contribution in [0.2, 0.25) is 0 Å². The molecule has 3 rings (SSSR count). The van der Waals surface area contributed by atoms with E-state index in [0.717, 1.165) is 35.7 Å². The summed E-state index contributed by atoms with van der Waals surface area (Å²) in [6, 6.07) is 11.8. The van der Waals surface area contributed by atoms with Gasteiger partial charge in [-0.1, -0.05) is 37.6 Å². The molecule has 0 bridgehead atoms. The van der Waals surface area contributed by atoms with E-state index in [4.69, 9.17) is 10.1 Å². The Morgan fingerprint density at radius 2 is 2.00 bits per heavy atom. The van der Waals surface area contributed by atoms with Gasteiger partial charge in [0.1, 0.15) is 5.75 Å². The van der Waals surface area contributed by atoms with Gasteiger partial charge in [0, 0.05) is 29.8 Å². The minimum Gasteiger partial charge on any atom is -0.483 e. The molecule has 1 saturated heterocycles. The third kappa shape index (κ3) is 3.68. The van der Waals surface area contributed by atoms with E-state index in [2.05, 4.69) is 13.8 Å². The van der Waals surface area contributed by atoms with Crippen LogP contribution in [-0.2, 0) is 4.79 Å². The topological polar surface area (TPSA) is 53.4 Å². The van der Waals surface area contributed by atoms with Gasteiger partial charge in [0.25, 0.3) is 5.91 Å². The number of nitrogens with zero attached hydrogens (tertiary/aromatic N) is 1. The first-order valence-corrected chi connectivity index (χ1v) is 9.08. The van der Waals surface area contributed by atoms with Crippen molar-refractivity contribution in [3.05, 3.63) is 42.0 Å². The predicted octanol–water partition coefficient (Wildman–Crippen LogP) is 4.25. The average Bonchev–Trinajstić information content (AvgIpc) is 2.66. The molecule has 132 valence electrons. The van der Waals surface area contributed by atoms with E-state index in [1.807, 2.05) is 41.3 Å². The number of hydrogen-bond acceptors (Lipinski definition) is 3. The second-order valence-electron chi connectivity index (χ2n) is 6.88. The average molecular weight is 338 g/mol. The Bertz CT molecular complexity index is 772. The van der Waals surface area contributed by atoms with Crippen LogP contribution in [0.25, 0.3) is 10.8 Å². The van der Waals surface area contributed by atoms with Crippen LogP contribution in [0.15, 0.2) is 36.4 Å². The molecule has 0 saturated carbocycles. The van der Waals surface area contributed by atoms with Crippen LogP contribution in [0.3, 0.4) is 0 Å². The van der Waals surface area contributed by atoms with Gasteiger partial charge in [0.15, 0.2) is 6.61 Å². The number of piperidine rings is 1. The molecule has 2 aromatic rings. The highest BCUT2D eigenvalue weighted by Crippen LogP contribution is 2.28. The zero-order valence-corrected chi connectivity index (χ0v) is 15.0. The number of benzene rings is 2. The predicted molar refractivity (Wildman–Crippen MR) is 102 cm³/mol. The highest BCUT2D eigenvalue weighted by molar-refractivity contribution is 6.01. The van der Waals surface area contributed by atoms with Crippen LogP contribution in [0, 0.1) is 11.3 Å². The molecule has 2 atom stereocenters. The van der Waals surface area contributed by atoms with E-state index in [1.54, 1.807) is 0 Å². The maximum Gasteiger partial charge on any atom is 0.260 e. The molecular formula is C21H26N2O2. The fourth-order valence-electron chi connectivity index (χ4n) is 3.63. The van der Waals surface area contributed by atoms with E-state index in [0.29, 0.717) is 11.7 Å². The smallest absolute Gasteiger partial charge is 0.260 e. The van der Waals surface area contributed by atoms with Gasteiger partial charge < -0.3 is 15.0 Å². The molecule has 2 unspecified atom stereocenters. The molecule has 1 amide bonds. The summed E-state index contributed by atoms with van der Waals surface area (Å²) in [4.78, 5) is 14.6. The SMILES string of the molecule is CCC1CCC(C)N(C(=O)COc2ccc(C=N)c3ccccc23)C1. The third-order valence-electron chi connectivity index (χ3n) is 5.30. The summed E-state index contributed by atoms with van der Waals surface area (Å²) in [6.07, 6.45) is 4.74. The van der Waals surface area contributed by atoms with Crippen molar-refractivity contribution in [2.75, 3.05) is 13.2 Å².